The van der Waals surface area contributed by atoms with Crippen molar-refractivity contribution < 1.29 is 9.84 Å². The Morgan fingerprint density at radius 2 is 1.87 bits per heavy atom. The van der Waals surface area contributed by atoms with Crippen LogP contribution in [0.4, 0.5) is 5.95 Å². The second-order valence-corrected chi connectivity index (χ2v) is 6.85. The fraction of sp³-hybridized carbons (Fsp3) is 0.765. The van der Waals surface area contributed by atoms with Crippen molar-refractivity contribution in [1.82, 2.24) is 15.3 Å². The van der Waals surface area contributed by atoms with Gasteiger partial charge < -0.3 is 20.1 Å². The summed E-state index contributed by atoms with van der Waals surface area (Å²) in [6.07, 6.45) is 6.70. The largest absolute Gasteiger partial charge is 0.471 e. The van der Waals surface area contributed by atoms with Crippen LogP contribution in [0, 0.1) is 0 Å². The molecule has 1 aliphatic heterocycles. The lowest BCUT2D eigenvalue weighted by Crippen LogP contribution is -2.44. The van der Waals surface area contributed by atoms with Gasteiger partial charge >= 0.3 is 0 Å². The van der Waals surface area contributed by atoms with Gasteiger partial charge in [0.25, 0.3) is 0 Å². The maximum absolute atomic E-state index is 10.1. The summed E-state index contributed by atoms with van der Waals surface area (Å²) in [5, 5.41) is 13.4. The van der Waals surface area contributed by atoms with Gasteiger partial charge in [-0.3, -0.25) is 0 Å². The Kier molecular flexibility index (Phi) is 4.35. The zero-order valence-corrected chi connectivity index (χ0v) is 13.6. The van der Waals surface area contributed by atoms with E-state index in [1.165, 1.54) is 18.4 Å². The topological polar surface area (TPSA) is 70.5 Å². The highest BCUT2D eigenvalue weighted by molar-refractivity contribution is 5.42. The molecule has 0 bridgehead atoms. The van der Waals surface area contributed by atoms with Gasteiger partial charge in [0.1, 0.15) is 6.10 Å². The van der Waals surface area contributed by atoms with Gasteiger partial charge in [0.15, 0.2) is 0 Å². The van der Waals surface area contributed by atoms with E-state index in [1.54, 1.807) is 0 Å². The van der Waals surface area contributed by atoms with Crippen molar-refractivity contribution in [3.8, 4) is 5.88 Å². The van der Waals surface area contributed by atoms with Gasteiger partial charge in [-0.1, -0.05) is 0 Å². The molecular formula is C17H26N4O2. The summed E-state index contributed by atoms with van der Waals surface area (Å²) in [6.45, 7) is 3.81. The second-order valence-electron chi connectivity index (χ2n) is 6.85. The summed E-state index contributed by atoms with van der Waals surface area (Å²) < 4.78 is 6.17. The highest BCUT2D eigenvalue weighted by Crippen LogP contribution is 2.32. The van der Waals surface area contributed by atoms with Gasteiger partial charge in [-0.25, -0.2) is 4.98 Å². The van der Waals surface area contributed by atoms with Gasteiger partial charge in [0.2, 0.25) is 11.8 Å². The molecule has 3 aliphatic rings. The number of anilines is 1. The van der Waals surface area contributed by atoms with Gasteiger partial charge in [-0.15, -0.1) is 0 Å². The molecule has 6 nitrogen and oxygen atoms in total. The van der Waals surface area contributed by atoms with Crippen LogP contribution in [0.2, 0.25) is 0 Å². The average Bonchev–Trinajstić information content (AvgIpc) is 3.00. The summed E-state index contributed by atoms with van der Waals surface area (Å²) in [4.78, 5) is 11.8. The molecule has 1 saturated carbocycles. The van der Waals surface area contributed by atoms with Crippen molar-refractivity contribution in [1.29, 1.82) is 0 Å². The predicted octanol–water partition coefficient (Wildman–Crippen LogP) is 1.06. The van der Waals surface area contributed by atoms with Gasteiger partial charge in [0, 0.05) is 31.7 Å². The fourth-order valence-electron chi connectivity index (χ4n) is 3.84. The molecule has 2 fully saturated rings. The molecule has 2 N–H and O–H groups in total. The van der Waals surface area contributed by atoms with E-state index in [0.29, 0.717) is 0 Å². The monoisotopic (exact) mass is 318 g/mol. The summed E-state index contributed by atoms with van der Waals surface area (Å²) in [7, 11) is 0. The maximum Gasteiger partial charge on any atom is 0.228 e. The molecule has 23 heavy (non-hydrogen) atoms. The number of fused-ring (bicyclic) bond motifs is 1. The van der Waals surface area contributed by atoms with E-state index in [0.717, 1.165) is 75.8 Å². The number of nitrogens with zero attached hydrogens (tertiary/aromatic N) is 3. The Balaban J connectivity index is 1.64. The van der Waals surface area contributed by atoms with Crippen molar-refractivity contribution in [3.63, 3.8) is 0 Å². The average molecular weight is 318 g/mol. The first-order valence-corrected chi connectivity index (χ1v) is 9.01. The Hall–Kier alpha value is -1.40. The van der Waals surface area contributed by atoms with Crippen molar-refractivity contribution in [2.24, 2.45) is 0 Å². The minimum Gasteiger partial charge on any atom is -0.471 e. The lowest BCUT2D eigenvalue weighted by atomic mass is 9.97. The van der Waals surface area contributed by atoms with E-state index in [4.69, 9.17) is 14.7 Å². The van der Waals surface area contributed by atoms with Gasteiger partial charge in [-0.05, 0) is 44.9 Å². The van der Waals surface area contributed by atoms with Crippen molar-refractivity contribution in [3.05, 3.63) is 11.3 Å². The molecule has 4 rings (SSSR count). The van der Waals surface area contributed by atoms with Crippen LogP contribution in [0.15, 0.2) is 0 Å². The number of ether oxygens (including phenoxy) is 1. The lowest BCUT2D eigenvalue weighted by molar-refractivity contribution is 0.0565. The Morgan fingerprint density at radius 3 is 2.65 bits per heavy atom. The predicted molar refractivity (Wildman–Crippen MR) is 88.0 cm³/mol. The zero-order valence-electron chi connectivity index (χ0n) is 13.6. The van der Waals surface area contributed by atoms with Crippen molar-refractivity contribution in [2.75, 3.05) is 31.1 Å². The van der Waals surface area contributed by atoms with Crippen LogP contribution in [-0.4, -0.2) is 53.5 Å². The molecule has 0 aromatic carbocycles. The number of aliphatic hydroxyl groups is 1. The lowest BCUT2D eigenvalue weighted by Gasteiger charge is -2.30. The molecule has 0 radical (unpaired) electrons. The first-order chi connectivity index (χ1) is 11.3. The molecule has 1 aromatic rings. The van der Waals surface area contributed by atoms with Gasteiger partial charge in [0.05, 0.1) is 11.8 Å². The van der Waals surface area contributed by atoms with Crippen LogP contribution in [0.3, 0.4) is 0 Å². The number of hydrogen-bond acceptors (Lipinski definition) is 6. The molecule has 0 amide bonds. The van der Waals surface area contributed by atoms with Crippen molar-refractivity contribution in [2.45, 2.75) is 57.2 Å². The smallest absolute Gasteiger partial charge is 0.228 e. The molecule has 2 aliphatic carbocycles. The second kappa shape index (κ2) is 6.61. The third-order valence-corrected chi connectivity index (χ3v) is 5.21. The van der Waals surface area contributed by atoms with Crippen molar-refractivity contribution >= 4 is 5.95 Å². The minimum absolute atomic E-state index is 0.105. The molecule has 0 unspecified atom stereocenters. The molecule has 0 spiro atoms. The van der Waals surface area contributed by atoms with E-state index in [9.17, 15) is 5.11 Å². The standard InChI is InChI=1S/C17H26N4O2/c22-14-6-3-7-15(14)23-16-12-4-1-2-5-13(12)19-17(20-16)21-10-8-18-9-11-21/h14-15,18,22H,1-11H2/t14-,15-/m1/s1. The number of aromatic nitrogens is 2. The van der Waals surface area contributed by atoms with Crippen LogP contribution in [0.25, 0.3) is 0 Å². The maximum atomic E-state index is 10.1. The Morgan fingerprint density at radius 1 is 1.04 bits per heavy atom. The third-order valence-electron chi connectivity index (χ3n) is 5.21. The number of piperazine rings is 1. The van der Waals surface area contributed by atoms with E-state index < -0.39 is 0 Å². The van der Waals surface area contributed by atoms with Crippen LogP contribution in [0.5, 0.6) is 5.88 Å². The molecular weight excluding hydrogens is 292 g/mol. The molecule has 126 valence electrons. The number of nitrogens with one attached hydrogen (secondary N) is 1. The van der Waals surface area contributed by atoms with E-state index in [2.05, 4.69) is 10.2 Å². The first kappa shape index (κ1) is 15.1. The van der Waals surface area contributed by atoms with Crippen LogP contribution in [0.1, 0.15) is 43.4 Å². The number of rotatable bonds is 3. The summed E-state index contributed by atoms with van der Waals surface area (Å²) in [6, 6.07) is 0. The Bertz CT molecular complexity index is 560. The summed E-state index contributed by atoms with van der Waals surface area (Å²) >= 11 is 0. The molecule has 6 heteroatoms. The minimum atomic E-state index is -0.355. The van der Waals surface area contributed by atoms with Crippen LogP contribution in [-0.2, 0) is 12.8 Å². The molecule has 1 saturated heterocycles. The third kappa shape index (κ3) is 3.15. The Labute approximate surface area is 137 Å². The van der Waals surface area contributed by atoms with E-state index in [-0.39, 0.29) is 12.2 Å². The molecule has 1 aromatic heterocycles. The quantitative estimate of drug-likeness (QED) is 0.868. The first-order valence-electron chi connectivity index (χ1n) is 9.01. The summed E-state index contributed by atoms with van der Waals surface area (Å²) in [5.41, 5.74) is 2.33. The number of hydrogen-bond donors (Lipinski definition) is 2. The molecule has 2 heterocycles. The van der Waals surface area contributed by atoms with Crippen LogP contribution >= 0.6 is 0 Å². The normalized spacial score (nSPS) is 27.8. The number of aryl methyl sites for hydroxylation is 1. The SMILES string of the molecule is O[C@@H]1CCC[C@H]1Oc1nc(N2CCNCC2)nc2c1CCCC2. The number of aliphatic hydroxyl groups excluding tert-OH is 1. The van der Waals surface area contributed by atoms with Gasteiger partial charge in [-0.2, -0.15) is 4.98 Å². The van der Waals surface area contributed by atoms with Crippen LogP contribution < -0.4 is 15.0 Å². The highest BCUT2D eigenvalue weighted by atomic mass is 16.5. The van der Waals surface area contributed by atoms with E-state index >= 15 is 0 Å². The zero-order chi connectivity index (χ0) is 15.6. The summed E-state index contributed by atoms with van der Waals surface area (Å²) in [5.74, 6) is 1.53. The van der Waals surface area contributed by atoms with E-state index in [1.807, 2.05) is 0 Å². The highest BCUT2D eigenvalue weighted by Gasteiger charge is 2.30. The molecule has 2 atom stereocenters. The fourth-order valence-corrected chi connectivity index (χ4v) is 3.84.